The summed E-state index contributed by atoms with van der Waals surface area (Å²) < 4.78 is 40.5. The Labute approximate surface area is 154 Å². The van der Waals surface area contributed by atoms with E-state index in [4.69, 9.17) is 11.6 Å². The maximum absolute atomic E-state index is 13.8. The summed E-state index contributed by atoms with van der Waals surface area (Å²) >= 11 is 5.81. The van der Waals surface area contributed by atoms with Gasteiger partial charge in [-0.2, -0.15) is 0 Å². The third kappa shape index (κ3) is 2.60. The molecule has 3 aromatic rings. The molecule has 0 aromatic heterocycles. The molecule has 0 unspecified atom stereocenters. The van der Waals surface area contributed by atoms with Crippen molar-refractivity contribution in [1.29, 1.82) is 0 Å². The summed E-state index contributed by atoms with van der Waals surface area (Å²) in [7, 11) is -3.85. The highest BCUT2D eigenvalue weighted by atomic mass is 35.5. The lowest BCUT2D eigenvalue weighted by Crippen LogP contribution is -2.35. The maximum atomic E-state index is 13.8. The van der Waals surface area contributed by atoms with Crippen molar-refractivity contribution in [1.82, 2.24) is 0 Å². The second-order valence-corrected chi connectivity index (χ2v) is 8.08. The predicted molar refractivity (Wildman–Crippen MR) is 98.5 cm³/mol. The van der Waals surface area contributed by atoms with Gasteiger partial charge in [0, 0.05) is 10.4 Å². The minimum atomic E-state index is -3.85. The fraction of sp³-hybridized carbons (Fsp3) is 0.0556. The number of halogens is 2. The van der Waals surface area contributed by atoms with Gasteiger partial charge in [-0.25, -0.2) is 12.8 Å². The third-order valence-electron chi connectivity index (χ3n) is 4.17. The molecule has 0 atom stereocenters. The number of nitrogens with one attached hydrogen (secondary N) is 1. The Bertz CT molecular complexity index is 1160. The zero-order valence-corrected chi connectivity index (χ0v) is 14.8. The molecule has 3 aromatic carbocycles. The standard InChI is InChI=1S/C18H12ClFN2O3S/c19-12-7-8-13(20)14(9-12)21-17(23)10-22-15-5-1-3-11-4-2-6-16(18(11)15)26(22,24)25/h1-9H,10H2,(H,21,23). The van der Waals surface area contributed by atoms with Gasteiger partial charge in [0.2, 0.25) is 5.91 Å². The first-order chi connectivity index (χ1) is 12.4. The van der Waals surface area contributed by atoms with Crippen LogP contribution in [0.25, 0.3) is 10.8 Å². The van der Waals surface area contributed by atoms with Gasteiger partial charge in [-0.3, -0.25) is 9.10 Å². The Morgan fingerprint density at radius 3 is 2.62 bits per heavy atom. The lowest BCUT2D eigenvalue weighted by molar-refractivity contribution is -0.114. The van der Waals surface area contributed by atoms with Crippen molar-refractivity contribution < 1.29 is 17.6 Å². The van der Waals surface area contributed by atoms with Crippen LogP contribution >= 0.6 is 11.6 Å². The molecule has 1 N–H and O–H groups in total. The highest BCUT2D eigenvalue weighted by Crippen LogP contribution is 2.41. The highest BCUT2D eigenvalue weighted by Gasteiger charge is 2.36. The number of nitrogens with zero attached hydrogens (tertiary/aromatic N) is 1. The number of benzene rings is 3. The van der Waals surface area contributed by atoms with Gasteiger partial charge in [-0.1, -0.05) is 35.9 Å². The van der Waals surface area contributed by atoms with Crippen LogP contribution in [-0.4, -0.2) is 20.9 Å². The molecule has 1 aliphatic rings. The van der Waals surface area contributed by atoms with E-state index in [-0.39, 0.29) is 15.6 Å². The zero-order chi connectivity index (χ0) is 18.5. The number of carbonyl (C=O) groups excluding carboxylic acids is 1. The summed E-state index contributed by atoms with van der Waals surface area (Å²) in [5.74, 6) is -1.32. The number of carbonyl (C=O) groups is 1. The molecular formula is C18H12ClFN2O3S. The van der Waals surface area contributed by atoms with Crippen LogP contribution in [0.1, 0.15) is 0 Å². The Morgan fingerprint density at radius 1 is 1.12 bits per heavy atom. The first-order valence-corrected chi connectivity index (χ1v) is 9.49. The topological polar surface area (TPSA) is 66.5 Å². The predicted octanol–water partition coefficient (Wildman–Crippen LogP) is 3.78. The Hall–Kier alpha value is -2.64. The summed E-state index contributed by atoms with van der Waals surface area (Å²) in [5.41, 5.74) is 0.328. The first kappa shape index (κ1) is 16.8. The Balaban J connectivity index is 1.68. The summed E-state index contributed by atoms with van der Waals surface area (Å²) in [5, 5.41) is 3.98. The molecule has 132 valence electrons. The molecule has 8 heteroatoms. The van der Waals surface area contributed by atoms with Gasteiger partial charge in [0.1, 0.15) is 12.4 Å². The first-order valence-electron chi connectivity index (χ1n) is 7.67. The maximum Gasteiger partial charge on any atom is 0.265 e. The Morgan fingerprint density at radius 2 is 1.85 bits per heavy atom. The van der Waals surface area contributed by atoms with Gasteiger partial charge in [-0.05, 0) is 35.7 Å². The van der Waals surface area contributed by atoms with Crippen molar-refractivity contribution in [2.24, 2.45) is 0 Å². The second-order valence-electron chi connectivity index (χ2n) is 5.82. The van der Waals surface area contributed by atoms with Crippen molar-refractivity contribution in [3.63, 3.8) is 0 Å². The van der Waals surface area contributed by atoms with Crippen molar-refractivity contribution in [3.8, 4) is 0 Å². The second kappa shape index (κ2) is 5.96. The van der Waals surface area contributed by atoms with Crippen LogP contribution in [0.2, 0.25) is 5.02 Å². The molecular weight excluding hydrogens is 379 g/mol. The zero-order valence-electron chi connectivity index (χ0n) is 13.2. The molecule has 1 heterocycles. The van der Waals surface area contributed by atoms with Gasteiger partial charge < -0.3 is 5.32 Å². The molecule has 0 fully saturated rings. The molecule has 1 aliphatic heterocycles. The molecule has 1 amide bonds. The van der Waals surface area contributed by atoms with E-state index in [9.17, 15) is 17.6 Å². The molecule has 26 heavy (non-hydrogen) atoms. The fourth-order valence-electron chi connectivity index (χ4n) is 3.04. The van der Waals surface area contributed by atoms with E-state index < -0.39 is 28.3 Å². The van der Waals surface area contributed by atoms with Crippen LogP contribution in [0.15, 0.2) is 59.5 Å². The minimum absolute atomic E-state index is 0.102. The number of rotatable bonds is 3. The molecule has 0 bridgehead atoms. The van der Waals surface area contributed by atoms with Crippen molar-refractivity contribution in [3.05, 3.63) is 65.4 Å². The summed E-state index contributed by atoms with van der Waals surface area (Å²) in [6.07, 6.45) is 0. The smallest absolute Gasteiger partial charge is 0.265 e. The van der Waals surface area contributed by atoms with E-state index >= 15 is 0 Å². The number of sulfonamides is 1. The largest absolute Gasteiger partial charge is 0.322 e. The minimum Gasteiger partial charge on any atom is -0.322 e. The molecule has 0 spiro atoms. The van der Waals surface area contributed by atoms with Crippen LogP contribution in [0.3, 0.4) is 0 Å². The summed E-state index contributed by atoms with van der Waals surface area (Å²) in [6.45, 7) is -0.470. The van der Waals surface area contributed by atoms with Crippen LogP contribution in [0, 0.1) is 5.82 Å². The highest BCUT2D eigenvalue weighted by molar-refractivity contribution is 7.93. The van der Waals surface area contributed by atoms with E-state index in [2.05, 4.69) is 5.32 Å². The fourth-order valence-corrected chi connectivity index (χ4v) is 4.88. The van der Waals surface area contributed by atoms with E-state index in [1.54, 1.807) is 18.2 Å². The molecule has 0 radical (unpaired) electrons. The molecule has 0 saturated carbocycles. The average molecular weight is 391 g/mol. The lowest BCUT2D eigenvalue weighted by atomic mass is 10.1. The molecule has 5 nitrogen and oxygen atoms in total. The lowest BCUT2D eigenvalue weighted by Gasteiger charge is -2.18. The van der Waals surface area contributed by atoms with Crippen LogP contribution < -0.4 is 9.62 Å². The average Bonchev–Trinajstić information content (AvgIpc) is 2.82. The van der Waals surface area contributed by atoms with E-state index in [0.29, 0.717) is 11.1 Å². The number of hydrogen-bond acceptors (Lipinski definition) is 3. The molecule has 0 aliphatic carbocycles. The summed E-state index contributed by atoms with van der Waals surface area (Å²) in [6, 6.07) is 13.9. The number of anilines is 2. The van der Waals surface area contributed by atoms with Crippen molar-refractivity contribution in [2.75, 3.05) is 16.2 Å². The SMILES string of the molecule is O=C(CN1c2cccc3cccc(c23)S1(=O)=O)Nc1cc(Cl)ccc1F. The summed E-state index contributed by atoms with van der Waals surface area (Å²) in [4.78, 5) is 12.5. The van der Waals surface area contributed by atoms with E-state index in [1.807, 2.05) is 12.1 Å². The Kier molecular flexibility index (Phi) is 3.86. The van der Waals surface area contributed by atoms with Crippen molar-refractivity contribution >= 4 is 49.7 Å². The number of amides is 1. The van der Waals surface area contributed by atoms with Gasteiger partial charge in [0.25, 0.3) is 10.0 Å². The quantitative estimate of drug-likeness (QED) is 0.740. The monoisotopic (exact) mass is 390 g/mol. The normalized spacial score (nSPS) is 14.6. The van der Waals surface area contributed by atoms with Crippen LogP contribution in [-0.2, 0) is 14.8 Å². The van der Waals surface area contributed by atoms with Gasteiger partial charge >= 0.3 is 0 Å². The van der Waals surface area contributed by atoms with Crippen molar-refractivity contribution in [2.45, 2.75) is 4.90 Å². The third-order valence-corrected chi connectivity index (χ3v) is 6.21. The van der Waals surface area contributed by atoms with E-state index in [0.717, 1.165) is 15.8 Å². The number of hydrogen-bond donors (Lipinski definition) is 1. The van der Waals surface area contributed by atoms with Gasteiger partial charge in [-0.15, -0.1) is 0 Å². The van der Waals surface area contributed by atoms with Gasteiger partial charge in [0.15, 0.2) is 0 Å². The van der Waals surface area contributed by atoms with Crippen LogP contribution in [0.5, 0.6) is 0 Å². The molecule has 0 saturated heterocycles. The van der Waals surface area contributed by atoms with E-state index in [1.165, 1.54) is 18.2 Å². The molecule has 4 rings (SSSR count). The van der Waals surface area contributed by atoms with Gasteiger partial charge in [0.05, 0.1) is 16.3 Å². The van der Waals surface area contributed by atoms with Crippen LogP contribution in [0.4, 0.5) is 15.8 Å².